The third kappa shape index (κ3) is 11.5. The number of halogens is 4. The Morgan fingerprint density at radius 2 is 1.92 bits per heavy atom. The number of hydrogen-bond donors (Lipinski definition) is 2. The second-order valence-corrected chi connectivity index (χ2v) is 2.28. The van der Waals surface area contributed by atoms with E-state index in [1.165, 1.54) is 0 Å². The summed E-state index contributed by atoms with van der Waals surface area (Å²) in [5, 5.41) is 1.74. The maximum atomic E-state index is 11.5. The molecule has 0 unspecified atom stereocenters. The predicted octanol–water partition coefficient (Wildman–Crippen LogP) is 0.826. The van der Waals surface area contributed by atoms with Gasteiger partial charge in [0.25, 0.3) is 0 Å². The molecule has 0 saturated heterocycles. The van der Waals surface area contributed by atoms with Gasteiger partial charge in [-0.3, -0.25) is 4.79 Å². The molecule has 3 N–H and O–H groups in total. The predicted molar refractivity (Wildman–Crippen MR) is 44.6 cm³/mol. The molecule has 0 heterocycles. The molecular formula is C6H12ClF3N2O. The lowest BCUT2D eigenvalue weighted by Gasteiger charge is -2.07. The first-order valence-corrected chi connectivity index (χ1v) is 3.49. The topological polar surface area (TPSA) is 55.1 Å². The standard InChI is InChI=1S/C6H11F3N2O.ClH/c7-6(8,9)4-11-5(12)2-1-3-10;/h1-4,10H2,(H,11,12);1H. The van der Waals surface area contributed by atoms with Crippen molar-refractivity contribution >= 4 is 18.3 Å². The molecule has 0 spiro atoms. The molecule has 0 atom stereocenters. The Balaban J connectivity index is 0. The summed E-state index contributed by atoms with van der Waals surface area (Å²) in [6.07, 6.45) is -3.88. The maximum Gasteiger partial charge on any atom is 0.405 e. The van der Waals surface area contributed by atoms with E-state index in [0.717, 1.165) is 0 Å². The van der Waals surface area contributed by atoms with Gasteiger partial charge < -0.3 is 11.1 Å². The Labute approximate surface area is 80.3 Å². The van der Waals surface area contributed by atoms with Crippen LogP contribution in [0.25, 0.3) is 0 Å². The van der Waals surface area contributed by atoms with Crippen LogP contribution in [0.2, 0.25) is 0 Å². The minimum Gasteiger partial charge on any atom is -0.347 e. The van der Waals surface area contributed by atoms with Gasteiger partial charge in [-0.15, -0.1) is 12.4 Å². The van der Waals surface area contributed by atoms with Gasteiger partial charge in [-0.05, 0) is 13.0 Å². The van der Waals surface area contributed by atoms with E-state index in [-0.39, 0.29) is 18.8 Å². The summed E-state index contributed by atoms with van der Waals surface area (Å²) in [6, 6.07) is 0. The van der Waals surface area contributed by atoms with Crippen molar-refractivity contribution in [3.8, 4) is 0 Å². The minimum atomic E-state index is -4.33. The molecule has 0 aliphatic rings. The lowest BCUT2D eigenvalue weighted by molar-refractivity contribution is -0.138. The molecule has 0 aromatic heterocycles. The average Bonchev–Trinajstić information content (AvgIpc) is 1.95. The monoisotopic (exact) mass is 220 g/mol. The van der Waals surface area contributed by atoms with E-state index < -0.39 is 18.6 Å². The zero-order chi connectivity index (χ0) is 9.61. The van der Waals surface area contributed by atoms with Crippen LogP contribution in [0.15, 0.2) is 0 Å². The lowest BCUT2D eigenvalue weighted by Crippen LogP contribution is -2.33. The zero-order valence-corrected chi connectivity index (χ0v) is 7.67. The SMILES string of the molecule is Cl.NCCCC(=O)NCC(F)(F)F. The number of carbonyl (C=O) groups is 1. The van der Waals surface area contributed by atoms with Gasteiger partial charge in [-0.2, -0.15) is 13.2 Å². The molecule has 0 saturated carbocycles. The van der Waals surface area contributed by atoms with E-state index in [2.05, 4.69) is 0 Å². The van der Waals surface area contributed by atoms with Gasteiger partial charge in [0.1, 0.15) is 6.54 Å². The van der Waals surface area contributed by atoms with Crippen molar-refractivity contribution in [1.82, 2.24) is 5.32 Å². The number of amides is 1. The van der Waals surface area contributed by atoms with Gasteiger partial charge >= 0.3 is 6.18 Å². The summed E-state index contributed by atoms with van der Waals surface area (Å²) >= 11 is 0. The highest BCUT2D eigenvalue weighted by Gasteiger charge is 2.27. The molecule has 0 rings (SSSR count). The Kier molecular flexibility index (Phi) is 8.04. The van der Waals surface area contributed by atoms with E-state index in [4.69, 9.17) is 5.73 Å². The lowest BCUT2D eigenvalue weighted by atomic mass is 10.3. The molecule has 0 radical (unpaired) electrons. The quantitative estimate of drug-likeness (QED) is 0.737. The summed E-state index contributed by atoms with van der Waals surface area (Å²) in [4.78, 5) is 10.6. The number of nitrogens with two attached hydrogens (primary N) is 1. The molecule has 0 bridgehead atoms. The van der Waals surface area contributed by atoms with Crippen molar-refractivity contribution in [3.05, 3.63) is 0 Å². The molecule has 13 heavy (non-hydrogen) atoms. The third-order valence-electron chi connectivity index (χ3n) is 1.09. The van der Waals surface area contributed by atoms with Crippen molar-refractivity contribution in [2.45, 2.75) is 19.0 Å². The van der Waals surface area contributed by atoms with Gasteiger partial charge in [0.2, 0.25) is 5.91 Å². The van der Waals surface area contributed by atoms with Crippen LogP contribution in [0.4, 0.5) is 13.2 Å². The van der Waals surface area contributed by atoms with Gasteiger partial charge in [-0.1, -0.05) is 0 Å². The van der Waals surface area contributed by atoms with Crippen molar-refractivity contribution in [2.24, 2.45) is 5.73 Å². The molecule has 80 valence electrons. The molecular weight excluding hydrogens is 209 g/mol. The second-order valence-electron chi connectivity index (χ2n) is 2.28. The molecule has 0 aliphatic heterocycles. The fourth-order valence-corrected chi connectivity index (χ4v) is 0.550. The van der Waals surface area contributed by atoms with Crippen LogP contribution in [0, 0.1) is 0 Å². The molecule has 3 nitrogen and oxygen atoms in total. The Bertz CT molecular complexity index is 151. The normalized spacial score (nSPS) is 10.5. The van der Waals surface area contributed by atoms with Crippen LogP contribution in [0.3, 0.4) is 0 Å². The fraction of sp³-hybridized carbons (Fsp3) is 0.833. The van der Waals surface area contributed by atoms with Crippen molar-refractivity contribution in [1.29, 1.82) is 0 Å². The molecule has 7 heteroatoms. The summed E-state index contributed by atoms with van der Waals surface area (Å²) in [5.41, 5.74) is 5.06. The van der Waals surface area contributed by atoms with E-state index in [1.807, 2.05) is 0 Å². The first-order chi connectivity index (χ1) is 5.45. The number of alkyl halides is 3. The van der Waals surface area contributed by atoms with Crippen LogP contribution in [0.1, 0.15) is 12.8 Å². The number of carbonyl (C=O) groups excluding carboxylic acids is 1. The van der Waals surface area contributed by atoms with Crippen molar-refractivity contribution in [3.63, 3.8) is 0 Å². The third-order valence-corrected chi connectivity index (χ3v) is 1.09. The van der Waals surface area contributed by atoms with Gasteiger partial charge in [0, 0.05) is 6.42 Å². The Morgan fingerprint density at radius 3 is 2.31 bits per heavy atom. The summed E-state index contributed by atoms with van der Waals surface area (Å²) < 4.78 is 34.5. The molecule has 0 aromatic carbocycles. The largest absolute Gasteiger partial charge is 0.405 e. The number of rotatable bonds is 4. The van der Waals surface area contributed by atoms with E-state index in [9.17, 15) is 18.0 Å². The smallest absolute Gasteiger partial charge is 0.347 e. The van der Waals surface area contributed by atoms with Crippen LogP contribution < -0.4 is 11.1 Å². The summed E-state index contributed by atoms with van der Waals surface area (Å²) in [7, 11) is 0. The highest BCUT2D eigenvalue weighted by atomic mass is 35.5. The Morgan fingerprint density at radius 1 is 1.38 bits per heavy atom. The Hall–Kier alpha value is -0.490. The van der Waals surface area contributed by atoms with E-state index in [1.54, 1.807) is 5.32 Å². The van der Waals surface area contributed by atoms with Crippen LogP contribution in [-0.4, -0.2) is 25.2 Å². The van der Waals surface area contributed by atoms with Crippen LogP contribution in [0.5, 0.6) is 0 Å². The highest BCUT2D eigenvalue weighted by molar-refractivity contribution is 5.85. The minimum absolute atomic E-state index is 0. The molecule has 0 aliphatic carbocycles. The number of nitrogens with one attached hydrogen (secondary N) is 1. The first-order valence-electron chi connectivity index (χ1n) is 3.49. The highest BCUT2D eigenvalue weighted by Crippen LogP contribution is 2.12. The van der Waals surface area contributed by atoms with Crippen molar-refractivity contribution in [2.75, 3.05) is 13.1 Å². The van der Waals surface area contributed by atoms with Gasteiger partial charge in [0.05, 0.1) is 0 Å². The number of hydrogen-bond acceptors (Lipinski definition) is 2. The molecule has 0 fully saturated rings. The summed E-state index contributed by atoms with van der Waals surface area (Å²) in [5.74, 6) is -0.613. The van der Waals surface area contributed by atoms with E-state index >= 15 is 0 Å². The first kappa shape index (κ1) is 15.0. The maximum absolute atomic E-state index is 11.5. The zero-order valence-electron chi connectivity index (χ0n) is 6.86. The summed E-state index contributed by atoms with van der Waals surface area (Å²) in [6.45, 7) is -0.962. The molecule has 1 amide bonds. The van der Waals surface area contributed by atoms with Gasteiger partial charge in [-0.25, -0.2) is 0 Å². The average molecular weight is 221 g/mol. The van der Waals surface area contributed by atoms with Crippen molar-refractivity contribution < 1.29 is 18.0 Å². The van der Waals surface area contributed by atoms with Crippen LogP contribution in [-0.2, 0) is 4.79 Å². The van der Waals surface area contributed by atoms with Gasteiger partial charge in [0.15, 0.2) is 0 Å². The van der Waals surface area contributed by atoms with Crippen LogP contribution >= 0.6 is 12.4 Å². The fourth-order valence-electron chi connectivity index (χ4n) is 0.550. The van der Waals surface area contributed by atoms with E-state index in [0.29, 0.717) is 13.0 Å². The molecule has 0 aromatic rings. The second kappa shape index (κ2) is 6.97.